The molecule has 7 rings (SSSR count). The van der Waals surface area contributed by atoms with Crippen LogP contribution in [0, 0.1) is 40.5 Å². The van der Waals surface area contributed by atoms with Crippen molar-refractivity contribution in [3.63, 3.8) is 0 Å². The van der Waals surface area contributed by atoms with Crippen molar-refractivity contribution >= 4 is 51.8 Å². The van der Waals surface area contributed by atoms with Crippen LogP contribution in [0.15, 0.2) is 70.6 Å². The molecule has 0 radical (unpaired) electrons. The molecule has 2 aromatic heterocycles. The number of esters is 1. The van der Waals surface area contributed by atoms with Gasteiger partial charge in [0.2, 0.25) is 6.10 Å². The molecule has 3 aromatic carbocycles. The molecule has 0 saturated heterocycles. The lowest BCUT2D eigenvalue weighted by Crippen LogP contribution is -2.29. The van der Waals surface area contributed by atoms with Crippen LogP contribution in [0.2, 0.25) is 0 Å². The number of hydrogen-bond donors (Lipinski definition) is 0. The molecule has 288 valence electrons. The van der Waals surface area contributed by atoms with Crippen LogP contribution in [0.1, 0.15) is 54.2 Å². The number of aromatic nitrogens is 2. The zero-order valence-corrected chi connectivity index (χ0v) is 29.5. The second-order valence-corrected chi connectivity index (χ2v) is 12.8. The van der Waals surface area contributed by atoms with E-state index in [2.05, 4.69) is 5.16 Å². The molecule has 0 fully saturated rings. The lowest BCUT2D eigenvalue weighted by molar-refractivity contribution is -0.395. The highest BCUT2D eigenvalue weighted by Gasteiger charge is 2.42. The predicted molar refractivity (Wildman–Crippen MR) is 195 cm³/mol. The standard InChI is InChI=1S/C36H25N7O14/c1-3-30(22-13-29-33-19(8-18-6-4-5-7-26(18)37-33)14-39(29)35(45)25(22)15-55-16-44)56-36(46)17(2)57-38-34-23-9-20(40(47)48)11-27(42(51)52)31(23)32-24(34)10-21(41(49)50)12-28(32)43(53)54/h4-13,16-17,30H,3,14-15H2,1-2H3/t17-,30-/m0/s1. The SMILES string of the molecule is CC[C@H](OC(=O)[C@H](C)ON=C1c2cc([N+](=O)[O-])cc([N+](=O)[O-])c2-c2c1cc([N+](=O)[O-])cc2[N+](=O)[O-])c1cc2n(c(=O)c1COC=O)Cc1cc3ccccc3nc1-2. The number of benzene rings is 3. The maximum atomic E-state index is 13.9. The molecule has 0 saturated carbocycles. The number of pyridine rings is 2. The number of carbonyl (C=O) groups is 2. The first-order valence-corrected chi connectivity index (χ1v) is 16.8. The van der Waals surface area contributed by atoms with Crippen molar-refractivity contribution in [2.24, 2.45) is 5.16 Å². The normalized spacial score (nSPS) is 13.1. The summed E-state index contributed by atoms with van der Waals surface area (Å²) in [5.74, 6) is -1.06. The minimum absolute atomic E-state index is 0.0298. The number of nitro benzene ring substituents is 4. The highest BCUT2D eigenvalue weighted by Crippen LogP contribution is 2.50. The van der Waals surface area contributed by atoms with Gasteiger partial charge in [0, 0.05) is 39.8 Å². The third kappa shape index (κ3) is 6.41. The van der Waals surface area contributed by atoms with E-state index in [0.29, 0.717) is 29.0 Å². The van der Waals surface area contributed by atoms with Crippen molar-refractivity contribution in [1.29, 1.82) is 0 Å². The maximum absolute atomic E-state index is 13.9. The summed E-state index contributed by atoms with van der Waals surface area (Å²) in [7, 11) is 0. The number of nitrogens with zero attached hydrogens (tertiary/aromatic N) is 7. The average Bonchev–Trinajstić information content (AvgIpc) is 3.71. The van der Waals surface area contributed by atoms with Gasteiger partial charge in [-0.3, -0.25) is 50.0 Å². The molecule has 21 heteroatoms. The number of carbonyl (C=O) groups excluding carboxylic acids is 2. The van der Waals surface area contributed by atoms with Crippen LogP contribution in [-0.4, -0.2) is 53.5 Å². The molecule has 3 heterocycles. The number of fused-ring (bicyclic) bond motifs is 7. The van der Waals surface area contributed by atoms with Gasteiger partial charge in [-0.2, -0.15) is 0 Å². The summed E-state index contributed by atoms with van der Waals surface area (Å²) in [6.07, 6.45) is -2.64. The van der Waals surface area contributed by atoms with Gasteiger partial charge in [-0.1, -0.05) is 30.3 Å². The lowest BCUT2D eigenvalue weighted by Gasteiger charge is -2.22. The molecule has 2 atom stereocenters. The molecule has 57 heavy (non-hydrogen) atoms. The van der Waals surface area contributed by atoms with Crippen molar-refractivity contribution in [3.05, 3.63) is 139 Å². The summed E-state index contributed by atoms with van der Waals surface area (Å²) in [5.41, 5.74) is -3.61. The Bertz CT molecular complexity index is 2640. The Balaban J connectivity index is 1.26. The van der Waals surface area contributed by atoms with E-state index in [1.807, 2.05) is 30.3 Å². The number of ether oxygens (including phenoxy) is 2. The molecule has 5 aromatic rings. The molecular formula is C36H25N7O14. The van der Waals surface area contributed by atoms with Crippen LogP contribution in [0.4, 0.5) is 22.7 Å². The maximum Gasteiger partial charge on any atom is 0.350 e. The highest BCUT2D eigenvalue weighted by molar-refractivity contribution is 6.27. The molecule has 2 aliphatic rings. The van der Waals surface area contributed by atoms with E-state index < -0.39 is 101 Å². The van der Waals surface area contributed by atoms with Gasteiger partial charge < -0.3 is 18.9 Å². The Morgan fingerprint density at radius 2 is 1.53 bits per heavy atom. The fourth-order valence-corrected chi connectivity index (χ4v) is 6.93. The monoisotopic (exact) mass is 779 g/mol. The van der Waals surface area contributed by atoms with Gasteiger partial charge in [0.1, 0.15) is 18.4 Å². The lowest BCUT2D eigenvalue weighted by atomic mass is 10.00. The van der Waals surface area contributed by atoms with E-state index in [1.165, 1.54) is 11.5 Å². The van der Waals surface area contributed by atoms with Crippen molar-refractivity contribution in [1.82, 2.24) is 9.55 Å². The van der Waals surface area contributed by atoms with Gasteiger partial charge >= 0.3 is 5.97 Å². The Hall–Kier alpha value is -7.97. The van der Waals surface area contributed by atoms with E-state index >= 15 is 0 Å². The van der Waals surface area contributed by atoms with Crippen LogP contribution in [0.5, 0.6) is 0 Å². The number of non-ortho nitro benzene ring substituents is 2. The summed E-state index contributed by atoms with van der Waals surface area (Å²) in [6, 6.07) is 13.8. The Labute approximate surface area is 317 Å². The van der Waals surface area contributed by atoms with Gasteiger partial charge in [-0.25, -0.2) is 9.78 Å². The number of hydrogen-bond acceptors (Lipinski definition) is 16. The molecule has 0 bridgehead atoms. The van der Waals surface area contributed by atoms with E-state index in [0.717, 1.165) is 23.1 Å². The Morgan fingerprint density at radius 3 is 2.09 bits per heavy atom. The van der Waals surface area contributed by atoms with Gasteiger partial charge in [-0.05, 0) is 31.5 Å². The van der Waals surface area contributed by atoms with Crippen LogP contribution in [0.25, 0.3) is 33.4 Å². The van der Waals surface area contributed by atoms with E-state index in [4.69, 9.17) is 19.3 Å². The predicted octanol–water partition coefficient (Wildman–Crippen LogP) is 5.56. The van der Waals surface area contributed by atoms with E-state index in [-0.39, 0.29) is 30.6 Å². The fourth-order valence-electron chi connectivity index (χ4n) is 6.93. The van der Waals surface area contributed by atoms with Gasteiger partial charge in [-0.15, -0.1) is 0 Å². The molecular weight excluding hydrogens is 754 g/mol. The minimum atomic E-state index is -1.61. The van der Waals surface area contributed by atoms with Crippen molar-refractivity contribution in [2.45, 2.75) is 45.6 Å². The van der Waals surface area contributed by atoms with Crippen molar-refractivity contribution < 1.29 is 43.6 Å². The quantitative estimate of drug-likeness (QED) is 0.0599. The zero-order valence-electron chi connectivity index (χ0n) is 29.5. The number of rotatable bonds is 13. The van der Waals surface area contributed by atoms with Crippen LogP contribution >= 0.6 is 0 Å². The van der Waals surface area contributed by atoms with Crippen LogP contribution < -0.4 is 5.56 Å². The third-order valence-corrected chi connectivity index (χ3v) is 9.49. The third-order valence-electron chi connectivity index (χ3n) is 9.49. The second-order valence-electron chi connectivity index (χ2n) is 12.8. The topological polar surface area (TPSA) is 282 Å². The minimum Gasteiger partial charge on any atom is -0.463 e. The van der Waals surface area contributed by atoms with Crippen molar-refractivity contribution in [3.8, 4) is 22.5 Å². The van der Waals surface area contributed by atoms with Gasteiger partial charge in [0.25, 0.3) is 34.8 Å². The first-order valence-electron chi connectivity index (χ1n) is 16.8. The zero-order chi connectivity index (χ0) is 40.9. The van der Waals surface area contributed by atoms with Crippen LogP contribution in [-0.2, 0) is 37.1 Å². The summed E-state index contributed by atoms with van der Waals surface area (Å²) in [4.78, 5) is 92.7. The summed E-state index contributed by atoms with van der Waals surface area (Å²) >= 11 is 0. The molecule has 0 N–H and O–H groups in total. The summed E-state index contributed by atoms with van der Waals surface area (Å²) in [5, 5.41) is 52.5. The first kappa shape index (κ1) is 37.3. The number of para-hydroxylation sites is 1. The molecule has 0 amide bonds. The molecule has 1 aliphatic carbocycles. The smallest absolute Gasteiger partial charge is 0.350 e. The molecule has 0 spiro atoms. The van der Waals surface area contributed by atoms with E-state index in [1.54, 1.807) is 13.0 Å². The summed E-state index contributed by atoms with van der Waals surface area (Å²) < 4.78 is 12.2. The Kier molecular flexibility index (Phi) is 9.41. The van der Waals surface area contributed by atoms with Crippen molar-refractivity contribution in [2.75, 3.05) is 0 Å². The summed E-state index contributed by atoms with van der Waals surface area (Å²) in [6.45, 7) is 2.75. The average molecular weight is 780 g/mol. The van der Waals surface area contributed by atoms with Crippen LogP contribution in [0.3, 0.4) is 0 Å². The number of oxime groups is 1. The van der Waals surface area contributed by atoms with E-state index in [9.17, 15) is 54.8 Å². The molecule has 1 aliphatic heterocycles. The fraction of sp³-hybridized carbons (Fsp3) is 0.194. The van der Waals surface area contributed by atoms with Gasteiger partial charge in [0.15, 0.2) is 0 Å². The number of nitro groups is 4. The Morgan fingerprint density at radius 1 is 0.912 bits per heavy atom. The molecule has 0 unspecified atom stereocenters. The molecule has 21 nitrogen and oxygen atoms in total. The second kappa shape index (κ2) is 14.4. The first-order chi connectivity index (χ1) is 27.2. The highest BCUT2D eigenvalue weighted by atomic mass is 16.7. The largest absolute Gasteiger partial charge is 0.463 e. The van der Waals surface area contributed by atoms with Gasteiger partial charge in [0.05, 0.1) is 72.0 Å².